The lowest BCUT2D eigenvalue weighted by molar-refractivity contribution is 0.200. The molecule has 3 nitrogen and oxygen atoms in total. The van der Waals surface area contributed by atoms with Crippen molar-refractivity contribution in [2.75, 3.05) is 5.32 Å². The molecule has 0 amide bonds. The molecule has 1 unspecified atom stereocenters. The van der Waals surface area contributed by atoms with Gasteiger partial charge in [-0.25, -0.2) is 0 Å². The third kappa shape index (κ3) is 3.02. The summed E-state index contributed by atoms with van der Waals surface area (Å²) >= 11 is 5.69. The van der Waals surface area contributed by atoms with Crippen LogP contribution >= 0.6 is 11.6 Å². The average molecular weight is 252 g/mol. The van der Waals surface area contributed by atoms with Gasteiger partial charge in [0.05, 0.1) is 12.6 Å². The molecule has 0 aliphatic heterocycles. The van der Waals surface area contributed by atoms with Crippen molar-refractivity contribution in [3.8, 4) is 0 Å². The van der Waals surface area contributed by atoms with Crippen LogP contribution in [0.4, 0.5) is 5.69 Å². The van der Waals surface area contributed by atoms with E-state index in [1.165, 1.54) is 0 Å². The Morgan fingerprint density at radius 1 is 1.29 bits per heavy atom. The number of rotatable bonds is 4. The molecule has 4 heteroatoms. The zero-order valence-corrected chi connectivity index (χ0v) is 10.2. The zero-order valence-electron chi connectivity index (χ0n) is 9.48. The van der Waals surface area contributed by atoms with Gasteiger partial charge in [-0.1, -0.05) is 18.2 Å². The van der Waals surface area contributed by atoms with Crippen molar-refractivity contribution < 1.29 is 9.52 Å². The van der Waals surface area contributed by atoms with Crippen LogP contribution in [-0.4, -0.2) is 5.11 Å². The fourth-order valence-corrected chi connectivity index (χ4v) is 1.81. The first-order valence-corrected chi connectivity index (χ1v) is 5.79. The van der Waals surface area contributed by atoms with Crippen molar-refractivity contribution in [2.45, 2.75) is 19.6 Å². The molecule has 2 rings (SSSR count). The molecule has 1 atom stereocenters. The molecule has 0 aliphatic carbocycles. The summed E-state index contributed by atoms with van der Waals surface area (Å²) in [6, 6.07) is 11.2. The number of nitrogens with one attached hydrogen (secondary N) is 1. The molecule has 0 spiro atoms. The van der Waals surface area contributed by atoms with Gasteiger partial charge in [-0.2, -0.15) is 0 Å². The van der Waals surface area contributed by atoms with Gasteiger partial charge >= 0.3 is 0 Å². The summed E-state index contributed by atoms with van der Waals surface area (Å²) in [5.41, 5.74) is 1.76. The van der Waals surface area contributed by atoms with E-state index in [0.717, 1.165) is 17.0 Å². The lowest BCUT2D eigenvalue weighted by Crippen LogP contribution is -2.03. The van der Waals surface area contributed by atoms with Gasteiger partial charge in [0.2, 0.25) is 0 Å². The first-order chi connectivity index (χ1) is 8.16. The molecule has 2 N–H and O–H groups in total. The van der Waals surface area contributed by atoms with Gasteiger partial charge in [0.15, 0.2) is 5.22 Å². The van der Waals surface area contributed by atoms with Gasteiger partial charge in [0.25, 0.3) is 0 Å². The predicted molar refractivity (Wildman–Crippen MR) is 68.1 cm³/mol. The number of aliphatic hydroxyl groups excluding tert-OH is 1. The number of para-hydroxylation sites is 1. The van der Waals surface area contributed by atoms with Crippen LogP contribution in [0, 0.1) is 0 Å². The van der Waals surface area contributed by atoms with Gasteiger partial charge in [-0.05, 0) is 36.7 Å². The Labute approximate surface area is 105 Å². The van der Waals surface area contributed by atoms with E-state index < -0.39 is 6.10 Å². The van der Waals surface area contributed by atoms with Crippen LogP contribution in [0.5, 0.6) is 0 Å². The fourth-order valence-electron chi connectivity index (χ4n) is 1.65. The quantitative estimate of drug-likeness (QED) is 0.873. The largest absolute Gasteiger partial charge is 0.448 e. The summed E-state index contributed by atoms with van der Waals surface area (Å²) in [6.45, 7) is 2.28. The van der Waals surface area contributed by atoms with Crippen LogP contribution in [0.25, 0.3) is 0 Å². The molecule has 0 fully saturated rings. The highest BCUT2D eigenvalue weighted by Crippen LogP contribution is 2.23. The molecule has 1 aromatic carbocycles. The molecule has 0 saturated carbocycles. The third-order valence-corrected chi connectivity index (χ3v) is 2.70. The standard InChI is InChI=1S/C13H14ClNO2/c1-9(16)11-4-2-3-5-12(11)15-8-10-6-7-13(14)17-10/h2-7,9,15-16H,8H2,1H3. The van der Waals surface area contributed by atoms with E-state index in [9.17, 15) is 5.11 Å². The van der Waals surface area contributed by atoms with E-state index in [4.69, 9.17) is 16.0 Å². The van der Waals surface area contributed by atoms with E-state index in [2.05, 4.69) is 5.32 Å². The van der Waals surface area contributed by atoms with Crippen LogP contribution < -0.4 is 5.32 Å². The maximum absolute atomic E-state index is 9.62. The lowest BCUT2D eigenvalue weighted by atomic mass is 10.1. The number of halogens is 1. The normalized spacial score (nSPS) is 12.4. The minimum Gasteiger partial charge on any atom is -0.448 e. The molecular weight excluding hydrogens is 238 g/mol. The number of furan rings is 1. The predicted octanol–water partition coefficient (Wildman–Crippen LogP) is 3.60. The zero-order chi connectivity index (χ0) is 12.3. The first kappa shape index (κ1) is 12.0. The Balaban J connectivity index is 2.08. The fraction of sp³-hybridized carbons (Fsp3) is 0.231. The molecule has 0 saturated heterocycles. The van der Waals surface area contributed by atoms with Gasteiger partial charge in [0.1, 0.15) is 5.76 Å². The van der Waals surface area contributed by atoms with Crippen molar-refractivity contribution in [2.24, 2.45) is 0 Å². The van der Waals surface area contributed by atoms with E-state index in [1.807, 2.05) is 30.3 Å². The van der Waals surface area contributed by atoms with Crippen molar-refractivity contribution in [3.05, 3.63) is 52.9 Å². The summed E-state index contributed by atoms with van der Waals surface area (Å²) in [7, 11) is 0. The maximum Gasteiger partial charge on any atom is 0.193 e. The molecule has 1 heterocycles. The van der Waals surface area contributed by atoms with Crippen molar-refractivity contribution in [1.82, 2.24) is 0 Å². The number of aliphatic hydroxyl groups is 1. The van der Waals surface area contributed by atoms with Crippen molar-refractivity contribution in [1.29, 1.82) is 0 Å². The Bertz CT molecular complexity index is 494. The van der Waals surface area contributed by atoms with Gasteiger partial charge < -0.3 is 14.8 Å². The molecular formula is C13H14ClNO2. The molecule has 0 aliphatic rings. The smallest absolute Gasteiger partial charge is 0.193 e. The van der Waals surface area contributed by atoms with Crippen LogP contribution in [0.1, 0.15) is 24.4 Å². The first-order valence-electron chi connectivity index (χ1n) is 5.42. The molecule has 0 radical (unpaired) electrons. The molecule has 1 aromatic heterocycles. The van der Waals surface area contributed by atoms with E-state index in [0.29, 0.717) is 11.8 Å². The topological polar surface area (TPSA) is 45.4 Å². The molecule has 17 heavy (non-hydrogen) atoms. The van der Waals surface area contributed by atoms with Crippen LogP contribution in [0.3, 0.4) is 0 Å². The van der Waals surface area contributed by atoms with Gasteiger partial charge in [0, 0.05) is 11.3 Å². The average Bonchev–Trinajstić information content (AvgIpc) is 2.73. The van der Waals surface area contributed by atoms with E-state index in [-0.39, 0.29) is 0 Å². The molecule has 2 aromatic rings. The number of hydrogen-bond donors (Lipinski definition) is 2. The summed E-state index contributed by atoms with van der Waals surface area (Å²) in [5, 5.41) is 13.2. The van der Waals surface area contributed by atoms with E-state index >= 15 is 0 Å². The minimum absolute atomic E-state index is 0.380. The van der Waals surface area contributed by atoms with Crippen LogP contribution in [-0.2, 0) is 6.54 Å². The number of anilines is 1. The van der Waals surface area contributed by atoms with Gasteiger partial charge in [-0.3, -0.25) is 0 Å². The minimum atomic E-state index is -0.501. The SMILES string of the molecule is CC(O)c1ccccc1NCc1ccc(Cl)o1. The highest BCUT2D eigenvalue weighted by atomic mass is 35.5. The maximum atomic E-state index is 9.62. The van der Waals surface area contributed by atoms with Crippen molar-refractivity contribution >= 4 is 17.3 Å². The highest BCUT2D eigenvalue weighted by molar-refractivity contribution is 6.28. The second-order valence-corrected chi connectivity index (χ2v) is 4.20. The molecule has 90 valence electrons. The Morgan fingerprint density at radius 3 is 2.71 bits per heavy atom. The van der Waals surface area contributed by atoms with Crippen LogP contribution in [0.2, 0.25) is 5.22 Å². The summed E-state index contributed by atoms with van der Waals surface area (Å²) in [6.07, 6.45) is -0.501. The van der Waals surface area contributed by atoms with Crippen molar-refractivity contribution in [3.63, 3.8) is 0 Å². The number of hydrogen-bond acceptors (Lipinski definition) is 3. The summed E-state index contributed by atoms with van der Waals surface area (Å²) in [4.78, 5) is 0. The summed E-state index contributed by atoms with van der Waals surface area (Å²) in [5.74, 6) is 0.760. The lowest BCUT2D eigenvalue weighted by Gasteiger charge is -2.12. The molecule has 0 bridgehead atoms. The Morgan fingerprint density at radius 2 is 2.06 bits per heavy atom. The second-order valence-electron chi connectivity index (χ2n) is 3.82. The van der Waals surface area contributed by atoms with Gasteiger partial charge in [-0.15, -0.1) is 0 Å². The monoisotopic (exact) mass is 251 g/mol. The Hall–Kier alpha value is -1.45. The van der Waals surface area contributed by atoms with E-state index in [1.54, 1.807) is 13.0 Å². The van der Waals surface area contributed by atoms with Crippen LogP contribution in [0.15, 0.2) is 40.8 Å². The summed E-state index contributed by atoms with van der Waals surface area (Å²) < 4.78 is 5.25. The number of benzene rings is 1. The highest BCUT2D eigenvalue weighted by Gasteiger charge is 2.07. The third-order valence-electron chi connectivity index (χ3n) is 2.49. The second kappa shape index (κ2) is 5.25. The Kier molecular flexibility index (Phi) is 3.71.